The van der Waals surface area contributed by atoms with Crippen LogP contribution in [-0.2, 0) is 0 Å². The van der Waals surface area contributed by atoms with Gasteiger partial charge >= 0.3 is 0 Å². The van der Waals surface area contributed by atoms with Crippen LogP contribution < -0.4 is 10.9 Å². The van der Waals surface area contributed by atoms with Crippen LogP contribution in [0.2, 0.25) is 0 Å². The average Bonchev–Trinajstić information content (AvgIpc) is 2.45. The molecule has 0 amide bonds. The summed E-state index contributed by atoms with van der Waals surface area (Å²) >= 11 is 0. The van der Waals surface area contributed by atoms with Crippen molar-refractivity contribution in [1.82, 2.24) is 0 Å². The van der Waals surface area contributed by atoms with E-state index >= 15 is 0 Å². The molecule has 0 saturated heterocycles. The molecular weight excluding hydrogens is 224 g/mol. The number of rotatable bonds is 5. The van der Waals surface area contributed by atoms with Gasteiger partial charge in [0.15, 0.2) is 0 Å². The van der Waals surface area contributed by atoms with E-state index < -0.39 is 0 Å². The number of nitrogens with zero attached hydrogens (tertiary/aromatic N) is 2. The van der Waals surface area contributed by atoms with Crippen molar-refractivity contribution in [2.24, 2.45) is 10.2 Å². The second-order valence-corrected chi connectivity index (χ2v) is 3.51. The Bertz CT molecular complexity index is 456. The monoisotopic (exact) mass is 238 g/mol. The fourth-order valence-corrected chi connectivity index (χ4v) is 1.32. The topological polar surface area (TPSA) is 48.8 Å². The fraction of sp³-hybridized carbons (Fsp3) is 0. The van der Waals surface area contributed by atoms with Gasteiger partial charge in [0.25, 0.3) is 0 Å². The van der Waals surface area contributed by atoms with E-state index in [-0.39, 0.29) is 0 Å². The molecule has 0 radical (unpaired) electrons. The molecule has 0 aromatic heterocycles. The zero-order valence-electron chi connectivity index (χ0n) is 9.82. The van der Waals surface area contributed by atoms with Gasteiger partial charge in [-0.3, -0.25) is 10.9 Å². The summed E-state index contributed by atoms with van der Waals surface area (Å²) in [7, 11) is 0. The van der Waals surface area contributed by atoms with E-state index in [2.05, 4.69) is 21.1 Å². The second kappa shape index (κ2) is 6.85. The lowest BCUT2D eigenvalue weighted by atomic mass is 10.3. The Kier molecular flexibility index (Phi) is 4.51. The molecule has 0 spiro atoms. The molecular formula is C14H14N4. The van der Waals surface area contributed by atoms with Gasteiger partial charge in [0, 0.05) is 0 Å². The number of hydrogen-bond acceptors (Lipinski definition) is 4. The van der Waals surface area contributed by atoms with Crippen molar-refractivity contribution in [2.45, 2.75) is 0 Å². The summed E-state index contributed by atoms with van der Waals surface area (Å²) in [4.78, 5) is 0. The quantitative estimate of drug-likeness (QED) is 0.621. The zero-order valence-corrected chi connectivity index (χ0v) is 9.82. The van der Waals surface area contributed by atoms with Crippen molar-refractivity contribution in [3.8, 4) is 0 Å². The molecule has 2 N–H and O–H groups in total. The molecule has 2 aromatic carbocycles. The van der Waals surface area contributed by atoms with Crippen molar-refractivity contribution >= 4 is 23.8 Å². The van der Waals surface area contributed by atoms with Gasteiger partial charge in [-0.25, -0.2) is 0 Å². The number of hydrogen-bond donors (Lipinski definition) is 2. The SMILES string of the molecule is C(/C=N/Nc1ccccc1)=N/Nc1ccccc1. The highest BCUT2D eigenvalue weighted by Crippen LogP contribution is 2.04. The van der Waals surface area contributed by atoms with Crippen LogP contribution >= 0.6 is 0 Å². The van der Waals surface area contributed by atoms with Crippen molar-refractivity contribution in [3.05, 3.63) is 60.7 Å². The third-order valence-electron chi connectivity index (χ3n) is 2.15. The molecule has 0 aliphatic carbocycles. The van der Waals surface area contributed by atoms with Gasteiger partial charge in [-0.05, 0) is 24.3 Å². The van der Waals surface area contributed by atoms with Crippen LogP contribution in [0, 0.1) is 0 Å². The first kappa shape index (κ1) is 11.9. The molecule has 2 rings (SSSR count). The predicted octanol–water partition coefficient (Wildman–Crippen LogP) is 3.18. The van der Waals surface area contributed by atoms with Gasteiger partial charge in [-0.2, -0.15) is 10.2 Å². The normalized spacial score (nSPS) is 10.9. The second-order valence-electron chi connectivity index (χ2n) is 3.51. The molecule has 18 heavy (non-hydrogen) atoms. The van der Waals surface area contributed by atoms with E-state index in [1.807, 2.05) is 60.7 Å². The Morgan fingerprint density at radius 3 is 1.39 bits per heavy atom. The smallest absolute Gasteiger partial charge is 0.0673 e. The molecule has 0 saturated carbocycles. The van der Waals surface area contributed by atoms with E-state index in [4.69, 9.17) is 0 Å². The van der Waals surface area contributed by atoms with Gasteiger partial charge in [-0.15, -0.1) is 0 Å². The van der Waals surface area contributed by atoms with Crippen LogP contribution in [-0.4, -0.2) is 12.4 Å². The molecule has 0 atom stereocenters. The lowest BCUT2D eigenvalue weighted by Crippen LogP contribution is -1.92. The van der Waals surface area contributed by atoms with Gasteiger partial charge in [0.1, 0.15) is 0 Å². The summed E-state index contributed by atoms with van der Waals surface area (Å²) < 4.78 is 0. The third kappa shape index (κ3) is 4.09. The molecule has 2 aromatic rings. The first-order chi connectivity index (χ1) is 8.95. The maximum absolute atomic E-state index is 4.01. The Labute approximate surface area is 106 Å². The Morgan fingerprint density at radius 1 is 0.611 bits per heavy atom. The lowest BCUT2D eigenvalue weighted by Gasteiger charge is -1.97. The maximum Gasteiger partial charge on any atom is 0.0673 e. The highest BCUT2D eigenvalue weighted by Gasteiger charge is 1.84. The fourth-order valence-electron chi connectivity index (χ4n) is 1.32. The summed E-state index contributed by atoms with van der Waals surface area (Å²) in [5, 5.41) is 8.02. The summed E-state index contributed by atoms with van der Waals surface area (Å²) in [6.45, 7) is 0. The maximum atomic E-state index is 4.01. The number of hydrazone groups is 2. The van der Waals surface area contributed by atoms with Crippen LogP contribution in [0.25, 0.3) is 0 Å². The summed E-state index contributed by atoms with van der Waals surface area (Å²) in [6, 6.07) is 19.5. The molecule has 0 fully saturated rings. The standard InChI is InChI=1S/C14H14N4/c1-3-7-13(8-4-1)17-15-11-12-16-18-14-9-5-2-6-10-14/h1-12,17-18H/b15-11-,16-12+. The minimum atomic E-state index is 0.943. The van der Waals surface area contributed by atoms with Crippen molar-refractivity contribution in [2.75, 3.05) is 10.9 Å². The minimum absolute atomic E-state index is 0.943. The average molecular weight is 238 g/mol. The van der Waals surface area contributed by atoms with Crippen LogP contribution in [0.3, 0.4) is 0 Å². The van der Waals surface area contributed by atoms with Gasteiger partial charge < -0.3 is 0 Å². The molecule has 0 bridgehead atoms. The summed E-state index contributed by atoms with van der Waals surface area (Å²) in [6.07, 6.45) is 3.17. The van der Waals surface area contributed by atoms with Crippen molar-refractivity contribution < 1.29 is 0 Å². The minimum Gasteiger partial charge on any atom is -0.278 e. The molecule has 0 aliphatic rings. The van der Waals surface area contributed by atoms with Gasteiger partial charge in [0.2, 0.25) is 0 Å². The first-order valence-corrected chi connectivity index (χ1v) is 5.62. The Morgan fingerprint density at radius 2 is 1.00 bits per heavy atom. The molecule has 90 valence electrons. The number of anilines is 2. The number of para-hydroxylation sites is 2. The van der Waals surface area contributed by atoms with Crippen LogP contribution in [0.5, 0.6) is 0 Å². The van der Waals surface area contributed by atoms with E-state index in [1.54, 1.807) is 12.4 Å². The summed E-state index contributed by atoms with van der Waals surface area (Å²) in [5.74, 6) is 0. The van der Waals surface area contributed by atoms with E-state index in [0.717, 1.165) is 11.4 Å². The van der Waals surface area contributed by atoms with Crippen molar-refractivity contribution in [3.63, 3.8) is 0 Å². The van der Waals surface area contributed by atoms with Crippen LogP contribution in [0.4, 0.5) is 11.4 Å². The largest absolute Gasteiger partial charge is 0.278 e. The first-order valence-electron chi connectivity index (χ1n) is 5.62. The lowest BCUT2D eigenvalue weighted by molar-refractivity contribution is 1.34. The molecule has 4 nitrogen and oxygen atoms in total. The Balaban J connectivity index is 1.75. The Hall–Kier alpha value is -2.62. The number of nitrogens with one attached hydrogen (secondary N) is 2. The van der Waals surface area contributed by atoms with E-state index in [0.29, 0.717) is 0 Å². The van der Waals surface area contributed by atoms with Gasteiger partial charge in [-0.1, -0.05) is 36.4 Å². The van der Waals surface area contributed by atoms with Crippen LogP contribution in [0.1, 0.15) is 0 Å². The molecule has 0 aliphatic heterocycles. The number of benzene rings is 2. The van der Waals surface area contributed by atoms with E-state index in [1.165, 1.54) is 0 Å². The van der Waals surface area contributed by atoms with Crippen molar-refractivity contribution in [1.29, 1.82) is 0 Å². The molecule has 4 heteroatoms. The predicted molar refractivity (Wildman–Crippen MR) is 77.1 cm³/mol. The summed E-state index contributed by atoms with van der Waals surface area (Å²) in [5.41, 5.74) is 7.67. The zero-order chi connectivity index (χ0) is 12.5. The van der Waals surface area contributed by atoms with Crippen LogP contribution in [0.15, 0.2) is 70.9 Å². The highest BCUT2D eigenvalue weighted by molar-refractivity contribution is 6.16. The van der Waals surface area contributed by atoms with Gasteiger partial charge in [0.05, 0.1) is 23.8 Å². The molecule has 0 unspecified atom stereocenters. The van der Waals surface area contributed by atoms with E-state index in [9.17, 15) is 0 Å². The third-order valence-corrected chi connectivity index (χ3v) is 2.15. The highest BCUT2D eigenvalue weighted by atomic mass is 15.3. The molecule has 0 heterocycles.